The van der Waals surface area contributed by atoms with Gasteiger partial charge in [0.15, 0.2) is 0 Å². The summed E-state index contributed by atoms with van der Waals surface area (Å²) in [5.41, 5.74) is 3.00. The van der Waals surface area contributed by atoms with Crippen molar-refractivity contribution in [2.24, 2.45) is 0 Å². The molecule has 2 aromatic carbocycles. The van der Waals surface area contributed by atoms with Crippen LogP contribution in [0.4, 0.5) is 0 Å². The highest BCUT2D eigenvalue weighted by Gasteiger charge is 2.34. The van der Waals surface area contributed by atoms with Crippen molar-refractivity contribution in [3.63, 3.8) is 0 Å². The molecule has 1 aromatic heterocycles. The minimum absolute atomic E-state index is 0.236. The number of imide groups is 1. The van der Waals surface area contributed by atoms with Gasteiger partial charge in [-0.15, -0.1) is 0 Å². The first kappa shape index (κ1) is 14.9. The fourth-order valence-corrected chi connectivity index (χ4v) is 3.80. The van der Waals surface area contributed by atoms with Crippen LogP contribution in [-0.4, -0.2) is 27.6 Å². The first-order valence-electron chi connectivity index (χ1n) is 7.59. The van der Waals surface area contributed by atoms with Crippen molar-refractivity contribution in [2.75, 3.05) is 5.88 Å². The topological polar surface area (TPSA) is 50.3 Å². The molecule has 0 fully saturated rings. The molecule has 0 atom stereocenters. The lowest BCUT2D eigenvalue weighted by Crippen LogP contribution is -2.29. The Bertz CT molecular complexity index is 949. The summed E-state index contributed by atoms with van der Waals surface area (Å²) in [7, 11) is 0. The van der Waals surface area contributed by atoms with Gasteiger partial charge in [0.25, 0.3) is 11.8 Å². The lowest BCUT2D eigenvalue weighted by atomic mass is 10.1. The van der Waals surface area contributed by atoms with E-state index in [4.69, 9.17) is 0 Å². The number of hydrogen-bond acceptors (Lipinski definition) is 4. The molecule has 2 amide bonds. The zero-order valence-electron chi connectivity index (χ0n) is 13.0. The van der Waals surface area contributed by atoms with Crippen molar-refractivity contribution in [2.45, 2.75) is 11.9 Å². The van der Waals surface area contributed by atoms with Gasteiger partial charge in [0, 0.05) is 5.39 Å². The quantitative estimate of drug-likeness (QED) is 0.539. The lowest BCUT2D eigenvalue weighted by Gasteiger charge is -2.13. The van der Waals surface area contributed by atoms with Crippen molar-refractivity contribution in [3.8, 4) is 0 Å². The van der Waals surface area contributed by atoms with Crippen molar-refractivity contribution < 1.29 is 9.59 Å². The molecule has 2 heterocycles. The number of fused-ring (bicyclic) bond motifs is 2. The Kier molecular flexibility index (Phi) is 3.58. The SMILES string of the molecule is Cc1cc(SCN2C(=O)c3ccccc3C2=O)nc2ccccc12. The number of pyridine rings is 1. The van der Waals surface area contributed by atoms with Crippen molar-refractivity contribution in [1.29, 1.82) is 0 Å². The van der Waals surface area contributed by atoms with E-state index in [-0.39, 0.29) is 17.7 Å². The van der Waals surface area contributed by atoms with E-state index in [9.17, 15) is 9.59 Å². The molecule has 118 valence electrons. The highest BCUT2D eigenvalue weighted by atomic mass is 32.2. The van der Waals surface area contributed by atoms with E-state index in [1.807, 2.05) is 37.3 Å². The molecule has 1 aliphatic heterocycles. The van der Waals surface area contributed by atoms with Crippen molar-refractivity contribution >= 4 is 34.5 Å². The third kappa shape index (κ3) is 2.37. The summed E-state index contributed by atoms with van der Waals surface area (Å²) in [6, 6.07) is 16.9. The summed E-state index contributed by atoms with van der Waals surface area (Å²) in [6.07, 6.45) is 0. The molecular weight excluding hydrogens is 320 g/mol. The number of rotatable bonds is 3. The summed E-state index contributed by atoms with van der Waals surface area (Å²) < 4.78 is 0. The first-order valence-corrected chi connectivity index (χ1v) is 8.58. The summed E-state index contributed by atoms with van der Waals surface area (Å²) in [4.78, 5) is 30.6. The number of aryl methyl sites for hydroxylation is 1. The predicted molar refractivity (Wildman–Crippen MR) is 94.1 cm³/mol. The summed E-state index contributed by atoms with van der Waals surface area (Å²) >= 11 is 1.40. The minimum atomic E-state index is -0.236. The first-order chi connectivity index (χ1) is 11.6. The standard InChI is InChI=1S/C19H14N2O2S/c1-12-10-17(20-16-9-5-4-6-13(12)16)24-11-21-18(22)14-7-2-3-8-15(14)19(21)23/h2-10H,11H2,1H3. The maximum atomic E-state index is 12.4. The van der Waals surface area contributed by atoms with E-state index < -0.39 is 0 Å². The molecule has 0 bridgehead atoms. The number of carbonyl (C=O) groups excluding carboxylic acids is 2. The van der Waals surface area contributed by atoms with Gasteiger partial charge in [0.2, 0.25) is 0 Å². The van der Waals surface area contributed by atoms with Gasteiger partial charge in [0.05, 0.1) is 27.5 Å². The van der Waals surface area contributed by atoms with E-state index in [1.54, 1.807) is 24.3 Å². The molecule has 4 nitrogen and oxygen atoms in total. The number of amides is 2. The highest BCUT2D eigenvalue weighted by Crippen LogP contribution is 2.28. The number of nitrogens with zero attached hydrogens (tertiary/aromatic N) is 2. The van der Waals surface area contributed by atoms with Crippen LogP contribution < -0.4 is 0 Å². The lowest BCUT2D eigenvalue weighted by molar-refractivity contribution is 0.0684. The molecule has 0 saturated heterocycles. The van der Waals surface area contributed by atoms with Crippen LogP contribution in [-0.2, 0) is 0 Å². The number of hydrogen-bond donors (Lipinski definition) is 0. The van der Waals surface area contributed by atoms with Gasteiger partial charge >= 0.3 is 0 Å². The zero-order valence-corrected chi connectivity index (χ0v) is 13.8. The number of carbonyl (C=O) groups is 2. The van der Waals surface area contributed by atoms with Crippen LogP contribution in [0.5, 0.6) is 0 Å². The molecule has 0 spiro atoms. The highest BCUT2D eigenvalue weighted by molar-refractivity contribution is 7.99. The van der Waals surface area contributed by atoms with Gasteiger partial charge in [-0.2, -0.15) is 0 Å². The molecule has 0 saturated carbocycles. The second-order valence-electron chi connectivity index (χ2n) is 5.65. The van der Waals surface area contributed by atoms with Gasteiger partial charge in [-0.05, 0) is 36.8 Å². The Morgan fingerprint density at radius 3 is 2.29 bits per heavy atom. The second-order valence-corrected chi connectivity index (χ2v) is 6.62. The summed E-state index contributed by atoms with van der Waals surface area (Å²) in [5, 5.41) is 1.92. The molecule has 0 N–H and O–H groups in total. The number of aromatic nitrogens is 1. The van der Waals surface area contributed by atoms with E-state index >= 15 is 0 Å². The number of benzene rings is 2. The molecule has 4 rings (SSSR count). The fourth-order valence-electron chi connectivity index (χ4n) is 2.88. The number of thioether (sulfide) groups is 1. The third-order valence-electron chi connectivity index (χ3n) is 4.12. The Hall–Kier alpha value is -2.66. The molecule has 1 aliphatic rings. The normalized spacial score (nSPS) is 13.6. The molecule has 0 radical (unpaired) electrons. The van der Waals surface area contributed by atoms with E-state index in [0.717, 1.165) is 21.5 Å². The van der Waals surface area contributed by atoms with Crippen LogP contribution in [0.3, 0.4) is 0 Å². The maximum absolute atomic E-state index is 12.4. The van der Waals surface area contributed by atoms with E-state index in [0.29, 0.717) is 11.1 Å². The van der Waals surface area contributed by atoms with Gasteiger partial charge in [0.1, 0.15) is 0 Å². The molecule has 0 aliphatic carbocycles. The molecule has 3 aromatic rings. The van der Waals surface area contributed by atoms with Gasteiger partial charge < -0.3 is 0 Å². The molecule has 24 heavy (non-hydrogen) atoms. The Balaban J connectivity index is 1.58. The summed E-state index contributed by atoms with van der Waals surface area (Å²) in [6.45, 7) is 2.04. The molecular formula is C19H14N2O2S. The predicted octanol–water partition coefficient (Wildman–Crippen LogP) is 3.89. The average molecular weight is 334 g/mol. The molecule has 5 heteroatoms. The fraction of sp³-hybridized carbons (Fsp3) is 0.105. The smallest absolute Gasteiger partial charge is 0.262 e. The van der Waals surface area contributed by atoms with Crippen LogP contribution in [0.25, 0.3) is 10.9 Å². The minimum Gasteiger partial charge on any atom is -0.269 e. The van der Waals surface area contributed by atoms with Crippen LogP contribution >= 0.6 is 11.8 Å². The van der Waals surface area contributed by atoms with E-state index in [1.165, 1.54) is 16.7 Å². The number of para-hydroxylation sites is 1. The van der Waals surface area contributed by atoms with Crippen LogP contribution in [0, 0.1) is 6.92 Å². The van der Waals surface area contributed by atoms with Crippen LogP contribution in [0.2, 0.25) is 0 Å². The largest absolute Gasteiger partial charge is 0.269 e. The van der Waals surface area contributed by atoms with Crippen molar-refractivity contribution in [3.05, 3.63) is 71.3 Å². The third-order valence-corrected chi connectivity index (χ3v) is 5.01. The second kappa shape index (κ2) is 5.76. The van der Waals surface area contributed by atoms with Gasteiger partial charge in [-0.1, -0.05) is 42.1 Å². The molecule has 0 unspecified atom stereocenters. The van der Waals surface area contributed by atoms with Crippen LogP contribution in [0.15, 0.2) is 59.6 Å². The zero-order chi connectivity index (χ0) is 16.7. The van der Waals surface area contributed by atoms with Gasteiger partial charge in [-0.25, -0.2) is 4.98 Å². The Morgan fingerprint density at radius 1 is 0.958 bits per heavy atom. The van der Waals surface area contributed by atoms with Crippen molar-refractivity contribution in [1.82, 2.24) is 9.88 Å². The average Bonchev–Trinajstić information content (AvgIpc) is 2.85. The van der Waals surface area contributed by atoms with Gasteiger partial charge in [-0.3, -0.25) is 14.5 Å². The monoisotopic (exact) mass is 334 g/mol. The Labute approximate surface area is 143 Å². The maximum Gasteiger partial charge on any atom is 0.262 e. The van der Waals surface area contributed by atoms with E-state index in [2.05, 4.69) is 4.98 Å². The Morgan fingerprint density at radius 2 is 1.58 bits per heavy atom. The van der Waals surface area contributed by atoms with Crippen LogP contribution in [0.1, 0.15) is 26.3 Å². The summed E-state index contributed by atoms with van der Waals surface area (Å²) in [5.74, 6) is -0.210.